The number of hydrogen-bond donors (Lipinski definition) is 1. The Bertz CT molecular complexity index is 410. The Morgan fingerprint density at radius 1 is 1.47 bits per heavy atom. The fourth-order valence-electron chi connectivity index (χ4n) is 2.02. The lowest BCUT2D eigenvalue weighted by Gasteiger charge is -2.29. The molecule has 1 aliphatic rings. The van der Waals surface area contributed by atoms with Gasteiger partial charge in [0.05, 0.1) is 4.47 Å². The van der Waals surface area contributed by atoms with Crippen molar-refractivity contribution in [3.8, 4) is 0 Å². The summed E-state index contributed by atoms with van der Waals surface area (Å²) >= 11 is 3.34. The number of aryl methyl sites for hydroxylation is 1. The highest BCUT2D eigenvalue weighted by atomic mass is 79.9. The van der Waals surface area contributed by atoms with Gasteiger partial charge in [-0.05, 0) is 48.9 Å². The van der Waals surface area contributed by atoms with Crippen LogP contribution in [0.15, 0.2) is 10.7 Å². The summed E-state index contributed by atoms with van der Waals surface area (Å²) in [5.74, 6) is -0.0907. The van der Waals surface area contributed by atoms with Crippen LogP contribution in [0.2, 0.25) is 0 Å². The molecule has 5 nitrogen and oxygen atoms in total. The highest BCUT2D eigenvalue weighted by Gasteiger charge is 2.21. The van der Waals surface area contributed by atoms with Crippen LogP contribution in [0, 0.1) is 0 Å². The van der Waals surface area contributed by atoms with E-state index in [0.717, 1.165) is 30.4 Å². The molecule has 0 aliphatic carbocycles. The van der Waals surface area contributed by atoms with E-state index in [1.165, 1.54) is 0 Å². The summed E-state index contributed by atoms with van der Waals surface area (Å²) in [4.78, 5) is 14.3. The number of amides is 1. The molecule has 0 unspecified atom stereocenters. The van der Waals surface area contributed by atoms with Gasteiger partial charge < -0.3 is 10.2 Å². The maximum Gasteiger partial charge on any atom is 0.273 e. The van der Waals surface area contributed by atoms with E-state index in [9.17, 15) is 4.79 Å². The van der Waals surface area contributed by atoms with Gasteiger partial charge in [0.1, 0.15) is 0 Å². The summed E-state index contributed by atoms with van der Waals surface area (Å²) < 4.78 is 2.37. The zero-order valence-corrected chi connectivity index (χ0v) is 11.7. The Kier molecular flexibility index (Phi) is 3.83. The summed E-state index contributed by atoms with van der Waals surface area (Å²) in [5, 5.41) is 7.18. The Labute approximate surface area is 109 Å². The SMILES string of the molecule is CN1CCC(NC(=O)c2nn(C)cc2Br)CC1. The van der Waals surface area contributed by atoms with Crippen LogP contribution in [0.4, 0.5) is 0 Å². The Balaban J connectivity index is 1.95. The van der Waals surface area contributed by atoms with Gasteiger partial charge in [-0.15, -0.1) is 0 Å². The molecule has 94 valence electrons. The maximum absolute atomic E-state index is 12.0. The normalized spacial score (nSPS) is 18.3. The third-order valence-corrected chi connectivity index (χ3v) is 3.63. The van der Waals surface area contributed by atoms with Crippen LogP contribution in [-0.4, -0.2) is 46.8 Å². The van der Waals surface area contributed by atoms with E-state index in [4.69, 9.17) is 0 Å². The average molecular weight is 301 g/mol. The lowest BCUT2D eigenvalue weighted by Crippen LogP contribution is -2.43. The van der Waals surface area contributed by atoms with Crippen molar-refractivity contribution < 1.29 is 4.79 Å². The van der Waals surface area contributed by atoms with Crippen molar-refractivity contribution in [3.63, 3.8) is 0 Å². The van der Waals surface area contributed by atoms with Crippen molar-refractivity contribution in [1.29, 1.82) is 0 Å². The Hall–Kier alpha value is -0.880. The van der Waals surface area contributed by atoms with Crippen LogP contribution in [0.25, 0.3) is 0 Å². The van der Waals surface area contributed by atoms with Crippen LogP contribution in [0.3, 0.4) is 0 Å². The number of piperidine rings is 1. The van der Waals surface area contributed by atoms with Gasteiger partial charge in [0.25, 0.3) is 5.91 Å². The fraction of sp³-hybridized carbons (Fsp3) is 0.636. The maximum atomic E-state index is 12.0. The monoisotopic (exact) mass is 300 g/mol. The summed E-state index contributed by atoms with van der Waals surface area (Å²) in [5.41, 5.74) is 0.464. The van der Waals surface area contributed by atoms with Crippen molar-refractivity contribution in [3.05, 3.63) is 16.4 Å². The summed E-state index contributed by atoms with van der Waals surface area (Å²) in [6.07, 6.45) is 3.79. The molecule has 0 atom stereocenters. The second-order valence-corrected chi connectivity index (χ2v) is 5.40. The van der Waals surface area contributed by atoms with Crippen LogP contribution in [-0.2, 0) is 7.05 Å². The molecule has 0 bridgehead atoms. The van der Waals surface area contributed by atoms with Crippen molar-refractivity contribution in [1.82, 2.24) is 20.0 Å². The summed E-state index contributed by atoms with van der Waals surface area (Å²) in [6, 6.07) is 0.271. The van der Waals surface area contributed by atoms with Crippen LogP contribution >= 0.6 is 15.9 Å². The third kappa shape index (κ3) is 3.07. The number of aromatic nitrogens is 2. The molecular formula is C11H17BrN4O. The first-order valence-electron chi connectivity index (χ1n) is 5.75. The van der Waals surface area contributed by atoms with Gasteiger partial charge in [-0.1, -0.05) is 0 Å². The molecular weight excluding hydrogens is 284 g/mol. The number of halogens is 1. The molecule has 1 aromatic rings. The summed E-state index contributed by atoms with van der Waals surface area (Å²) in [6.45, 7) is 2.07. The van der Waals surface area contributed by atoms with Crippen molar-refractivity contribution in [2.45, 2.75) is 18.9 Å². The Morgan fingerprint density at radius 2 is 2.12 bits per heavy atom. The van der Waals surface area contributed by atoms with E-state index in [1.807, 2.05) is 0 Å². The largest absolute Gasteiger partial charge is 0.348 e. The highest BCUT2D eigenvalue weighted by molar-refractivity contribution is 9.10. The van der Waals surface area contributed by atoms with Gasteiger partial charge >= 0.3 is 0 Å². The quantitative estimate of drug-likeness (QED) is 0.887. The van der Waals surface area contributed by atoms with Crippen molar-refractivity contribution in [2.75, 3.05) is 20.1 Å². The molecule has 17 heavy (non-hydrogen) atoms. The van der Waals surface area contributed by atoms with Crippen molar-refractivity contribution >= 4 is 21.8 Å². The second-order valence-electron chi connectivity index (χ2n) is 4.55. The molecule has 1 aromatic heterocycles. The number of likely N-dealkylation sites (tertiary alicyclic amines) is 1. The van der Waals surface area contributed by atoms with E-state index in [2.05, 4.69) is 38.3 Å². The topological polar surface area (TPSA) is 50.2 Å². The molecule has 1 fully saturated rings. The molecule has 1 saturated heterocycles. The second kappa shape index (κ2) is 5.18. The minimum Gasteiger partial charge on any atom is -0.348 e. The minimum atomic E-state index is -0.0907. The molecule has 0 spiro atoms. The zero-order chi connectivity index (χ0) is 12.4. The number of carbonyl (C=O) groups excluding carboxylic acids is 1. The van der Waals surface area contributed by atoms with E-state index in [1.54, 1.807) is 17.9 Å². The van der Waals surface area contributed by atoms with Crippen molar-refractivity contribution in [2.24, 2.45) is 7.05 Å². The van der Waals surface area contributed by atoms with E-state index < -0.39 is 0 Å². The number of rotatable bonds is 2. The molecule has 1 amide bonds. The predicted molar refractivity (Wildman–Crippen MR) is 68.9 cm³/mol. The fourth-order valence-corrected chi connectivity index (χ4v) is 2.58. The molecule has 0 aromatic carbocycles. The molecule has 2 heterocycles. The first-order valence-corrected chi connectivity index (χ1v) is 6.54. The van der Waals surface area contributed by atoms with Crippen LogP contribution in [0.1, 0.15) is 23.3 Å². The van der Waals surface area contributed by atoms with Crippen LogP contribution < -0.4 is 5.32 Å². The lowest BCUT2D eigenvalue weighted by atomic mass is 10.1. The van der Waals surface area contributed by atoms with Gasteiger partial charge in [0.15, 0.2) is 5.69 Å². The van der Waals surface area contributed by atoms with Gasteiger partial charge in [-0.3, -0.25) is 9.48 Å². The summed E-state index contributed by atoms with van der Waals surface area (Å²) in [7, 11) is 3.91. The molecule has 1 N–H and O–H groups in total. The van der Waals surface area contributed by atoms with Gasteiger partial charge in [0, 0.05) is 19.3 Å². The van der Waals surface area contributed by atoms with Crippen LogP contribution in [0.5, 0.6) is 0 Å². The highest BCUT2D eigenvalue weighted by Crippen LogP contribution is 2.15. The first kappa shape index (κ1) is 12.6. The molecule has 0 radical (unpaired) electrons. The average Bonchev–Trinajstić information content (AvgIpc) is 2.61. The van der Waals surface area contributed by atoms with E-state index in [0.29, 0.717) is 5.69 Å². The molecule has 6 heteroatoms. The third-order valence-electron chi connectivity index (χ3n) is 3.05. The number of hydrogen-bond acceptors (Lipinski definition) is 3. The Morgan fingerprint density at radius 3 is 2.65 bits per heavy atom. The smallest absolute Gasteiger partial charge is 0.273 e. The number of carbonyl (C=O) groups is 1. The van der Waals surface area contributed by atoms with E-state index in [-0.39, 0.29) is 11.9 Å². The number of nitrogens with zero attached hydrogens (tertiary/aromatic N) is 3. The standard InChI is InChI=1S/C11H17BrN4O/c1-15-5-3-8(4-6-15)13-11(17)10-9(12)7-16(2)14-10/h7-8H,3-6H2,1-2H3,(H,13,17). The van der Waals surface area contributed by atoms with Gasteiger partial charge in [0.2, 0.25) is 0 Å². The number of nitrogens with one attached hydrogen (secondary N) is 1. The zero-order valence-electron chi connectivity index (χ0n) is 10.1. The van der Waals surface area contributed by atoms with Gasteiger partial charge in [-0.2, -0.15) is 5.10 Å². The molecule has 0 saturated carbocycles. The minimum absolute atomic E-state index is 0.0907. The molecule has 2 rings (SSSR count). The van der Waals surface area contributed by atoms with Gasteiger partial charge in [-0.25, -0.2) is 0 Å². The lowest BCUT2D eigenvalue weighted by molar-refractivity contribution is 0.0910. The first-order chi connectivity index (χ1) is 8.06. The predicted octanol–water partition coefficient (Wildman–Crippen LogP) is 1.01. The van der Waals surface area contributed by atoms with E-state index >= 15 is 0 Å². The molecule has 1 aliphatic heterocycles.